The first kappa shape index (κ1) is 19.2. The molecular weight excluding hydrogens is 359 g/mol. The largest absolute Gasteiger partial charge is 0.497 e. The zero-order chi connectivity index (χ0) is 19.0. The molecule has 0 spiro atoms. The minimum Gasteiger partial charge on any atom is -0.497 e. The van der Waals surface area contributed by atoms with Gasteiger partial charge in [0, 0.05) is 0 Å². The maximum absolute atomic E-state index is 13.1. The lowest BCUT2D eigenvalue weighted by Crippen LogP contribution is -2.14. The Morgan fingerprint density at radius 1 is 0.923 bits per heavy atom. The third kappa shape index (κ3) is 5.48. The summed E-state index contributed by atoms with van der Waals surface area (Å²) in [5.74, 6) is 0.934. The topological polar surface area (TPSA) is 107 Å². The molecule has 0 aliphatic rings. The number of hydrogen-bond acceptors (Lipinski definition) is 6. The lowest BCUT2D eigenvalue weighted by molar-refractivity contribution is -0.114. The Balaban J connectivity index is 2.25. The van der Waals surface area contributed by atoms with Crippen LogP contribution in [0.1, 0.15) is 0 Å². The van der Waals surface area contributed by atoms with Crippen LogP contribution >= 0.6 is 7.60 Å². The van der Waals surface area contributed by atoms with E-state index in [9.17, 15) is 9.36 Å². The molecule has 0 atom stereocenters. The quantitative estimate of drug-likeness (QED) is 0.288. The number of Topliss-reactive ketones (excluding diaryl/α,β-unsaturated/α-hetero) is 1. The van der Waals surface area contributed by atoms with Crippen molar-refractivity contribution < 1.29 is 32.7 Å². The van der Waals surface area contributed by atoms with Crippen LogP contribution < -0.4 is 18.5 Å². The van der Waals surface area contributed by atoms with Gasteiger partial charge in [0.05, 0.1) is 14.2 Å². The van der Waals surface area contributed by atoms with E-state index >= 15 is 0 Å². The molecule has 0 fully saturated rings. The lowest BCUT2D eigenvalue weighted by atomic mass is 10.3. The molecule has 0 unspecified atom stereocenters. The van der Waals surface area contributed by atoms with Crippen molar-refractivity contribution in [3.05, 3.63) is 54.1 Å². The normalized spacial score (nSPS) is 10.4. The van der Waals surface area contributed by atoms with Crippen molar-refractivity contribution in [1.29, 1.82) is 0 Å². The van der Waals surface area contributed by atoms with Gasteiger partial charge in [-0.1, -0.05) is 0 Å². The van der Waals surface area contributed by atoms with E-state index in [4.69, 9.17) is 24.1 Å². The zero-order valence-electron chi connectivity index (χ0n) is 14.2. The summed E-state index contributed by atoms with van der Waals surface area (Å²) in [6.45, 7) is 0. The first-order chi connectivity index (χ1) is 12.5. The standard InChI is InChI=1S/C17H17N2O6P/c1-22-14-3-7-16(8-4-14)24-26(21,12-13(20)11-19-18)25-17-9-5-15(23-2)6-10-17/h3-11H,12H2,1-2H3. The summed E-state index contributed by atoms with van der Waals surface area (Å²) in [6.07, 6.45) is 0.0382. The molecule has 8 nitrogen and oxygen atoms in total. The number of hydrogen-bond donors (Lipinski definition) is 0. The van der Waals surface area contributed by atoms with Crippen LogP contribution in [0.4, 0.5) is 0 Å². The van der Waals surface area contributed by atoms with Crippen LogP contribution in [0.2, 0.25) is 0 Å². The molecule has 0 aliphatic heterocycles. The number of carbonyl (C=O) groups excluding carboxylic acids is 1. The van der Waals surface area contributed by atoms with Crippen molar-refractivity contribution in [1.82, 2.24) is 0 Å². The molecule has 9 heteroatoms. The van der Waals surface area contributed by atoms with Crippen molar-refractivity contribution in [3.8, 4) is 23.0 Å². The molecule has 0 heterocycles. The van der Waals surface area contributed by atoms with Gasteiger partial charge in [0.15, 0.2) is 0 Å². The molecule has 0 aliphatic carbocycles. The fourth-order valence-electron chi connectivity index (χ4n) is 1.97. The molecule has 0 radical (unpaired) electrons. The number of carbonyl (C=O) groups is 1. The number of ether oxygens (including phenoxy) is 2. The van der Waals surface area contributed by atoms with Gasteiger partial charge in [-0.05, 0) is 48.5 Å². The molecule has 0 amide bonds. The number of methoxy groups -OCH3 is 2. The van der Waals surface area contributed by atoms with Crippen LogP contribution in [-0.4, -0.2) is 37.2 Å². The van der Waals surface area contributed by atoms with E-state index in [0.29, 0.717) is 17.7 Å². The number of rotatable bonds is 9. The Hall–Kier alpha value is -3.08. The Bertz CT molecular complexity index is 791. The molecular formula is C17H17N2O6P. The van der Waals surface area contributed by atoms with E-state index in [1.54, 1.807) is 24.3 Å². The number of nitrogens with zero attached hydrogens (tertiary/aromatic N) is 2. The zero-order valence-corrected chi connectivity index (χ0v) is 15.1. The van der Waals surface area contributed by atoms with Crippen molar-refractivity contribution in [2.24, 2.45) is 0 Å². The molecule has 0 bridgehead atoms. The number of ketones is 1. The highest BCUT2D eigenvalue weighted by Crippen LogP contribution is 2.48. The van der Waals surface area contributed by atoms with Crippen LogP contribution in [0.25, 0.3) is 5.53 Å². The minimum atomic E-state index is -3.93. The van der Waals surface area contributed by atoms with Gasteiger partial charge in [-0.25, -0.2) is 4.57 Å². The Labute approximate surface area is 150 Å². The van der Waals surface area contributed by atoms with E-state index in [0.717, 1.165) is 0 Å². The third-order valence-corrected chi connectivity index (χ3v) is 4.84. The van der Waals surface area contributed by atoms with E-state index in [-0.39, 0.29) is 11.5 Å². The van der Waals surface area contributed by atoms with Gasteiger partial charge < -0.3 is 24.1 Å². The van der Waals surface area contributed by atoms with Gasteiger partial charge in [-0.2, -0.15) is 4.79 Å². The predicted octanol–water partition coefficient (Wildman–Crippen LogP) is 3.22. The van der Waals surface area contributed by atoms with Gasteiger partial charge in [0.2, 0.25) is 0 Å². The van der Waals surface area contributed by atoms with Crippen molar-refractivity contribution in [2.45, 2.75) is 0 Å². The molecule has 0 N–H and O–H groups in total. The van der Waals surface area contributed by atoms with E-state index in [1.165, 1.54) is 38.5 Å². The summed E-state index contributed by atoms with van der Waals surface area (Å²) in [5, 5.41) is 0. The van der Waals surface area contributed by atoms with Gasteiger partial charge in [-0.3, -0.25) is 4.79 Å². The summed E-state index contributed by atoms with van der Waals surface area (Å²) in [7, 11) is -0.901. The highest BCUT2D eigenvalue weighted by Gasteiger charge is 2.32. The van der Waals surface area contributed by atoms with Gasteiger partial charge in [0.25, 0.3) is 5.78 Å². The van der Waals surface area contributed by atoms with E-state index in [1.807, 2.05) is 0 Å². The van der Waals surface area contributed by atoms with Crippen molar-refractivity contribution in [2.75, 3.05) is 20.4 Å². The second-order valence-corrected chi connectivity index (χ2v) is 6.92. The summed E-state index contributed by atoms with van der Waals surface area (Å²) >= 11 is 0. The molecule has 136 valence electrons. The predicted molar refractivity (Wildman–Crippen MR) is 94.4 cm³/mol. The summed E-state index contributed by atoms with van der Waals surface area (Å²) in [5.41, 5.74) is 8.48. The lowest BCUT2D eigenvalue weighted by Gasteiger charge is -2.19. The van der Waals surface area contributed by atoms with E-state index < -0.39 is 19.5 Å². The van der Waals surface area contributed by atoms with Crippen molar-refractivity contribution in [3.63, 3.8) is 0 Å². The molecule has 0 aromatic heterocycles. The molecule has 2 aromatic rings. The SMILES string of the molecule is COc1ccc(OP(=O)(CC(=O)C=[N+]=[N-])Oc2ccc(OC)cc2)cc1. The summed E-state index contributed by atoms with van der Waals surface area (Å²) in [6, 6.07) is 12.6. The average molecular weight is 376 g/mol. The van der Waals surface area contributed by atoms with Gasteiger partial charge in [0.1, 0.15) is 29.2 Å². The highest BCUT2D eigenvalue weighted by atomic mass is 31.2. The maximum Gasteiger partial charge on any atom is 0.438 e. The third-order valence-electron chi connectivity index (χ3n) is 3.16. The first-order valence-electron chi connectivity index (χ1n) is 7.44. The maximum atomic E-state index is 13.1. The van der Waals surface area contributed by atoms with E-state index in [2.05, 4.69) is 4.79 Å². The number of benzene rings is 2. The summed E-state index contributed by atoms with van der Waals surface area (Å²) < 4.78 is 34.1. The van der Waals surface area contributed by atoms with Crippen LogP contribution in [0.15, 0.2) is 48.5 Å². The molecule has 0 saturated heterocycles. The Morgan fingerprint density at radius 3 is 1.65 bits per heavy atom. The molecule has 2 rings (SSSR count). The average Bonchev–Trinajstić information content (AvgIpc) is 2.63. The molecule has 0 saturated carbocycles. The summed E-state index contributed by atoms with van der Waals surface area (Å²) in [4.78, 5) is 14.4. The van der Waals surface area contributed by atoms with Crippen LogP contribution in [0.5, 0.6) is 23.0 Å². The fourth-order valence-corrected chi connectivity index (χ4v) is 3.49. The Kier molecular flexibility index (Phi) is 6.55. The molecule has 26 heavy (non-hydrogen) atoms. The second kappa shape index (κ2) is 8.85. The minimum absolute atomic E-state index is 0.233. The van der Waals surface area contributed by atoms with Gasteiger partial charge >= 0.3 is 13.8 Å². The first-order valence-corrected chi connectivity index (χ1v) is 9.17. The molecule has 2 aromatic carbocycles. The monoisotopic (exact) mass is 376 g/mol. The van der Waals surface area contributed by atoms with Crippen molar-refractivity contribution >= 4 is 19.6 Å². The fraction of sp³-hybridized carbons (Fsp3) is 0.176. The van der Waals surface area contributed by atoms with Crippen LogP contribution in [0.3, 0.4) is 0 Å². The van der Waals surface area contributed by atoms with Crippen LogP contribution in [-0.2, 0) is 9.36 Å². The highest BCUT2D eigenvalue weighted by molar-refractivity contribution is 7.55. The van der Waals surface area contributed by atoms with Crippen LogP contribution in [0, 0.1) is 0 Å². The van der Waals surface area contributed by atoms with Gasteiger partial charge in [-0.15, -0.1) is 0 Å². The smallest absolute Gasteiger partial charge is 0.438 e. The second-order valence-electron chi connectivity index (χ2n) is 5.01. The Morgan fingerprint density at radius 2 is 1.31 bits per heavy atom.